The number of hydrogen-bond acceptors (Lipinski definition) is 6. The van der Waals surface area contributed by atoms with E-state index >= 15 is 0 Å². The minimum atomic E-state index is -3.51. The second kappa shape index (κ2) is 11.2. The van der Waals surface area contributed by atoms with Gasteiger partial charge in [-0.05, 0) is 55.0 Å². The summed E-state index contributed by atoms with van der Waals surface area (Å²) in [7, 11) is -3.51. The number of sulfonamides is 1. The highest BCUT2D eigenvalue weighted by Crippen LogP contribution is 2.34. The molecule has 4 rings (SSSR count). The summed E-state index contributed by atoms with van der Waals surface area (Å²) in [6.07, 6.45) is 4.32. The Labute approximate surface area is 208 Å². The lowest BCUT2D eigenvalue weighted by molar-refractivity contribution is -0.121. The van der Waals surface area contributed by atoms with E-state index < -0.39 is 10.0 Å². The summed E-state index contributed by atoms with van der Waals surface area (Å²) >= 11 is 0. The number of benzene rings is 2. The number of hydrogen-bond donors (Lipinski definition) is 1. The van der Waals surface area contributed by atoms with Crippen molar-refractivity contribution < 1.29 is 22.7 Å². The van der Waals surface area contributed by atoms with Gasteiger partial charge in [-0.2, -0.15) is 0 Å². The summed E-state index contributed by atoms with van der Waals surface area (Å²) in [5.41, 5.74) is 2.77. The quantitative estimate of drug-likeness (QED) is 0.565. The number of piperidine rings is 1. The molecule has 0 saturated carbocycles. The van der Waals surface area contributed by atoms with Crippen molar-refractivity contribution in [3.8, 4) is 11.5 Å². The fraction of sp³-hybridized carbons (Fsp3) is 0.500. The van der Waals surface area contributed by atoms with Crippen LogP contribution in [0.1, 0.15) is 38.2 Å². The Kier molecular flexibility index (Phi) is 8.05. The predicted octanol–water partition coefficient (Wildman–Crippen LogP) is 3.56. The molecule has 1 saturated heterocycles. The van der Waals surface area contributed by atoms with Crippen molar-refractivity contribution in [1.29, 1.82) is 0 Å². The van der Waals surface area contributed by atoms with Crippen molar-refractivity contribution in [3.63, 3.8) is 0 Å². The molecule has 2 aliphatic rings. The van der Waals surface area contributed by atoms with Crippen LogP contribution in [0.25, 0.3) is 0 Å². The Balaban J connectivity index is 1.26. The number of nitrogens with zero attached hydrogens (tertiary/aromatic N) is 2. The zero-order valence-electron chi connectivity index (χ0n) is 20.5. The lowest BCUT2D eigenvalue weighted by Gasteiger charge is -2.32. The number of carbonyl (C=O) groups excluding carboxylic acids is 1. The van der Waals surface area contributed by atoms with Crippen LogP contribution < -0.4 is 24.0 Å². The van der Waals surface area contributed by atoms with Gasteiger partial charge >= 0.3 is 0 Å². The van der Waals surface area contributed by atoms with Gasteiger partial charge in [-0.25, -0.2) is 8.42 Å². The summed E-state index contributed by atoms with van der Waals surface area (Å²) in [5, 5.41) is 2.94. The summed E-state index contributed by atoms with van der Waals surface area (Å²) in [4.78, 5) is 14.8. The molecular weight excluding hydrogens is 466 g/mol. The maximum absolute atomic E-state index is 12.4. The third kappa shape index (κ3) is 6.81. The first-order chi connectivity index (χ1) is 16.8. The molecule has 2 heterocycles. The van der Waals surface area contributed by atoms with E-state index in [1.807, 2.05) is 0 Å². The summed E-state index contributed by atoms with van der Waals surface area (Å²) in [5.74, 6) is 1.75. The largest absolute Gasteiger partial charge is 0.486 e. The average molecular weight is 502 g/mol. The van der Waals surface area contributed by atoms with E-state index in [1.165, 1.54) is 22.8 Å². The van der Waals surface area contributed by atoms with Crippen LogP contribution in [-0.2, 0) is 21.4 Å². The second-order valence-corrected chi connectivity index (χ2v) is 11.3. The second-order valence-electron chi connectivity index (χ2n) is 9.40. The monoisotopic (exact) mass is 501 g/mol. The SMILES string of the molecule is C[C@H]1CCCN(c2ccc(CNC(=O)CCCN(c3ccc4c(c3)OCCO4)S(C)(=O)=O)cc2)C1. The Morgan fingerprint density at radius 1 is 1.11 bits per heavy atom. The van der Waals surface area contributed by atoms with Crippen LogP contribution in [0, 0.1) is 5.92 Å². The first-order valence-electron chi connectivity index (χ1n) is 12.3. The molecule has 190 valence electrons. The Morgan fingerprint density at radius 3 is 2.57 bits per heavy atom. The molecule has 0 bridgehead atoms. The molecule has 1 N–H and O–H groups in total. The maximum atomic E-state index is 12.4. The van der Waals surface area contributed by atoms with E-state index in [4.69, 9.17) is 9.47 Å². The van der Waals surface area contributed by atoms with Gasteiger partial charge in [0.05, 0.1) is 11.9 Å². The standard InChI is InChI=1S/C26H35N3O5S/c1-20-5-3-13-28(19-20)22-9-7-21(8-10-22)18-27-26(30)6-4-14-29(35(2,31)32)23-11-12-24-25(17-23)34-16-15-33-24/h7-12,17,20H,3-6,13-16,18-19H2,1-2H3,(H,27,30)/t20-/m0/s1. The highest BCUT2D eigenvalue weighted by atomic mass is 32.2. The number of fused-ring (bicyclic) bond motifs is 1. The molecule has 0 unspecified atom stereocenters. The van der Waals surface area contributed by atoms with Crippen molar-refractivity contribution in [2.45, 2.75) is 39.2 Å². The molecule has 2 aliphatic heterocycles. The molecule has 1 amide bonds. The summed E-state index contributed by atoms with van der Waals surface area (Å²) in [6.45, 7) is 6.03. The molecule has 1 fully saturated rings. The van der Waals surface area contributed by atoms with Crippen molar-refractivity contribution in [2.75, 3.05) is 48.3 Å². The number of amides is 1. The van der Waals surface area contributed by atoms with Gasteiger partial charge < -0.3 is 19.7 Å². The number of carbonyl (C=O) groups is 1. The molecule has 1 atom stereocenters. The van der Waals surface area contributed by atoms with Crippen molar-refractivity contribution in [1.82, 2.24) is 5.32 Å². The van der Waals surface area contributed by atoms with E-state index in [0.29, 0.717) is 43.4 Å². The predicted molar refractivity (Wildman–Crippen MR) is 138 cm³/mol. The van der Waals surface area contributed by atoms with Crippen LogP contribution in [0.3, 0.4) is 0 Å². The van der Waals surface area contributed by atoms with Crippen LogP contribution in [0.4, 0.5) is 11.4 Å². The van der Waals surface area contributed by atoms with Gasteiger partial charge in [0.1, 0.15) is 13.2 Å². The smallest absolute Gasteiger partial charge is 0.232 e. The summed E-state index contributed by atoms with van der Waals surface area (Å²) in [6, 6.07) is 13.4. The fourth-order valence-electron chi connectivity index (χ4n) is 4.59. The zero-order valence-corrected chi connectivity index (χ0v) is 21.4. The normalized spacial score (nSPS) is 17.7. The third-order valence-electron chi connectivity index (χ3n) is 6.43. The van der Waals surface area contributed by atoms with Crippen LogP contribution in [0.15, 0.2) is 42.5 Å². The minimum absolute atomic E-state index is 0.102. The minimum Gasteiger partial charge on any atom is -0.486 e. The molecule has 0 radical (unpaired) electrons. The molecular formula is C26H35N3O5S. The number of rotatable bonds is 9. The van der Waals surface area contributed by atoms with Gasteiger partial charge in [-0.3, -0.25) is 9.10 Å². The van der Waals surface area contributed by atoms with Gasteiger partial charge in [-0.15, -0.1) is 0 Å². The Morgan fingerprint density at radius 2 is 1.86 bits per heavy atom. The lowest BCUT2D eigenvalue weighted by atomic mass is 9.99. The Hall–Kier alpha value is -2.94. The number of nitrogens with one attached hydrogen (secondary N) is 1. The lowest BCUT2D eigenvalue weighted by Crippen LogP contribution is -2.34. The molecule has 35 heavy (non-hydrogen) atoms. The highest BCUT2D eigenvalue weighted by molar-refractivity contribution is 7.92. The van der Waals surface area contributed by atoms with Gasteiger partial charge in [0, 0.05) is 44.4 Å². The third-order valence-corrected chi connectivity index (χ3v) is 7.62. The number of anilines is 2. The van der Waals surface area contributed by atoms with Crippen LogP contribution >= 0.6 is 0 Å². The van der Waals surface area contributed by atoms with E-state index in [1.54, 1.807) is 18.2 Å². The molecule has 2 aromatic rings. The van der Waals surface area contributed by atoms with Crippen LogP contribution in [-0.4, -0.2) is 53.4 Å². The van der Waals surface area contributed by atoms with E-state index in [0.717, 1.165) is 30.8 Å². The van der Waals surface area contributed by atoms with Crippen LogP contribution in [0.2, 0.25) is 0 Å². The molecule has 8 nitrogen and oxygen atoms in total. The molecule has 0 spiro atoms. The first kappa shape index (κ1) is 25.2. The maximum Gasteiger partial charge on any atom is 0.232 e. The van der Waals surface area contributed by atoms with Gasteiger partial charge in [-0.1, -0.05) is 19.1 Å². The molecule has 2 aromatic carbocycles. The van der Waals surface area contributed by atoms with Gasteiger partial charge in [0.2, 0.25) is 15.9 Å². The topological polar surface area (TPSA) is 88.2 Å². The van der Waals surface area contributed by atoms with E-state index in [-0.39, 0.29) is 18.9 Å². The van der Waals surface area contributed by atoms with Gasteiger partial charge in [0.25, 0.3) is 0 Å². The summed E-state index contributed by atoms with van der Waals surface area (Å²) < 4.78 is 37.2. The molecule has 0 aliphatic carbocycles. The highest BCUT2D eigenvalue weighted by Gasteiger charge is 2.21. The fourth-order valence-corrected chi connectivity index (χ4v) is 5.55. The number of ether oxygens (including phenoxy) is 2. The van der Waals surface area contributed by atoms with Crippen molar-refractivity contribution in [3.05, 3.63) is 48.0 Å². The van der Waals surface area contributed by atoms with E-state index in [2.05, 4.69) is 41.4 Å². The molecule has 0 aromatic heterocycles. The first-order valence-corrected chi connectivity index (χ1v) is 14.1. The molecule has 9 heteroatoms. The van der Waals surface area contributed by atoms with Gasteiger partial charge in [0.15, 0.2) is 11.5 Å². The zero-order chi connectivity index (χ0) is 24.8. The average Bonchev–Trinajstić information content (AvgIpc) is 2.84. The van der Waals surface area contributed by atoms with Crippen molar-refractivity contribution >= 4 is 27.3 Å². The Bertz CT molecular complexity index is 1120. The van der Waals surface area contributed by atoms with Crippen LogP contribution in [0.5, 0.6) is 11.5 Å². The van der Waals surface area contributed by atoms with E-state index in [9.17, 15) is 13.2 Å². The van der Waals surface area contributed by atoms with Crippen molar-refractivity contribution in [2.24, 2.45) is 5.92 Å².